The van der Waals surface area contributed by atoms with E-state index in [0.717, 1.165) is 49.4 Å². The van der Waals surface area contributed by atoms with Crippen molar-refractivity contribution in [2.75, 3.05) is 31.1 Å². The predicted octanol–water partition coefficient (Wildman–Crippen LogP) is 1.09. The molecule has 7 heteroatoms. The summed E-state index contributed by atoms with van der Waals surface area (Å²) in [6.07, 6.45) is 7.35. The number of aromatic nitrogens is 5. The van der Waals surface area contributed by atoms with Crippen molar-refractivity contribution in [1.29, 1.82) is 0 Å². The van der Waals surface area contributed by atoms with Crippen LogP contribution in [0.2, 0.25) is 0 Å². The van der Waals surface area contributed by atoms with Crippen molar-refractivity contribution in [2.45, 2.75) is 19.8 Å². The Balaban J connectivity index is 1.60. The summed E-state index contributed by atoms with van der Waals surface area (Å²) in [5, 5.41) is 10.7. The number of aromatic amines is 1. The van der Waals surface area contributed by atoms with Crippen LogP contribution in [0.3, 0.4) is 0 Å². The number of piperidine rings is 1. The molecule has 0 unspecified atom stereocenters. The van der Waals surface area contributed by atoms with Gasteiger partial charge in [-0.1, -0.05) is 6.92 Å². The van der Waals surface area contributed by atoms with Crippen molar-refractivity contribution in [3.05, 3.63) is 18.7 Å². The number of hydrogen-bond donors (Lipinski definition) is 2. The van der Waals surface area contributed by atoms with Crippen molar-refractivity contribution < 1.29 is 0 Å². The summed E-state index contributed by atoms with van der Waals surface area (Å²) >= 11 is 0. The molecule has 112 valence electrons. The SMILES string of the molecule is CCNCC1CCN(c2n[nH]c(-c3cncnc3)n2)CC1. The number of hydrogen-bond acceptors (Lipinski definition) is 6. The van der Waals surface area contributed by atoms with E-state index < -0.39 is 0 Å². The number of rotatable bonds is 5. The summed E-state index contributed by atoms with van der Waals surface area (Å²) < 4.78 is 0. The first-order chi connectivity index (χ1) is 10.4. The zero-order chi connectivity index (χ0) is 14.5. The van der Waals surface area contributed by atoms with E-state index >= 15 is 0 Å². The topological polar surface area (TPSA) is 82.6 Å². The lowest BCUT2D eigenvalue weighted by Gasteiger charge is -2.31. The molecule has 0 aliphatic carbocycles. The van der Waals surface area contributed by atoms with Crippen molar-refractivity contribution >= 4 is 5.95 Å². The third-order valence-corrected chi connectivity index (χ3v) is 3.89. The molecule has 0 radical (unpaired) electrons. The van der Waals surface area contributed by atoms with Gasteiger partial charge in [-0.15, -0.1) is 5.10 Å². The first-order valence-electron chi connectivity index (χ1n) is 7.50. The van der Waals surface area contributed by atoms with Crippen LogP contribution in [0.5, 0.6) is 0 Å². The van der Waals surface area contributed by atoms with Crippen LogP contribution in [0.25, 0.3) is 11.4 Å². The lowest BCUT2D eigenvalue weighted by molar-refractivity contribution is 0.384. The van der Waals surface area contributed by atoms with E-state index in [9.17, 15) is 0 Å². The van der Waals surface area contributed by atoms with Gasteiger partial charge in [0.15, 0.2) is 5.82 Å². The van der Waals surface area contributed by atoms with Crippen LogP contribution in [-0.4, -0.2) is 51.3 Å². The highest BCUT2D eigenvalue weighted by Gasteiger charge is 2.21. The summed E-state index contributed by atoms with van der Waals surface area (Å²) in [7, 11) is 0. The molecule has 0 amide bonds. The van der Waals surface area contributed by atoms with E-state index in [4.69, 9.17) is 0 Å². The molecule has 7 nitrogen and oxygen atoms in total. The Labute approximate surface area is 124 Å². The van der Waals surface area contributed by atoms with Gasteiger partial charge in [-0.25, -0.2) is 9.97 Å². The maximum Gasteiger partial charge on any atom is 0.245 e. The maximum absolute atomic E-state index is 4.55. The molecular weight excluding hydrogens is 266 g/mol. The van der Waals surface area contributed by atoms with Crippen molar-refractivity contribution in [2.24, 2.45) is 5.92 Å². The van der Waals surface area contributed by atoms with Gasteiger partial charge in [0.25, 0.3) is 0 Å². The largest absolute Gasteiger partial charge is 0.340 e. The zero-order valence-electron chi connectivity index (χ0n) is 12.3. The minimum atomic E-state index is 0.723. The number of anilines is 1. The Hall–Kier alpha value is -2.02. The van der Waals surface area contributed by atoms with Gasteiger partial charge in [0, 0.05) is 25.5 Å². The molecule has 0 spiro atoms. The summed E-state index contributed by atoms with van der Waals surface area (Å²) in [5.74, 6) is 2.26. The molecule has 2 aromatic rings. The van der Waals surface area contributed by atoms with E-state index in [1.807, 2.05) is 0 Å². The lowest BCUT2D eigenvalue weighted by Crippen LogP contribution is -2.37. The first-order valence-corrected chi connectivity index (χ1v) is 7.50. The Bertz CT molecular complexity index is 545. The first kappa shape index (κ1) is 13.9. The summed E-state index contributed by atoms with van der Waals surface area (Å²) in [6, 6.07) is 0. The highest BCUT2D eigenvalue weighted by molar-refractivity contribution is 5.53. The highest BCUT2D eigenvalue weighted by atomic mass is 15.4. The van der Waals surface area contributed by atoms with E-state index in [0.29, 0.717) is 0 Å². The van der Waals surface area contributed by atoms with Gasteiger partial charge in [-0.05, 0) is 31.8 Å². The fourth-order valence-electron chi connectivity index (χ4n) is 2.63. The monoisotopic (exact) mass is 287 g/mol. The minimum absolute atomic E-state index is 0.723. The van der Waals surface area contributed by atoms with Gasteiger partial charge < -0.3 is 10.2 Å². The fourth-order valence-corrected chi connectivity index (χ4v) is 2.63. The van der Waals surface area contributed by atoms with E-state index in [1.165, 1.54) is 19.2 Å². The Morgan fingerprint density at radius 1 is 1.29 bits per heavy atom. The van der Waals surface area contributed by atoms with E-state index in [2.05, 4.69) is 42.3 Å². The van der Waals surface area contributed by atoms with E-state index in [-0.39, 0.29) is 0 Å². The fraction of sp³-hybridized carbons (Fsp3) is 0.571. The Kier molecular flexibility index (Phi) is 4.40. The molecule has 0 aromatic carbocycles. The molecule has 1 aliphatic rings. The average Bonchev–Trinajstić information content (AvgIpc) is 3.04. The third-order valence-electron chi connectivity index (χ3n) is 3.89. The van der Waals surface area contributed by atoms with Gasteiger partial charge in [0.05, 0.1) is 5.56 Å². The number of nitrogens with zero attached hydrogens (tertiary/aromatic N) is 5. The van der Waals surface area contributed by atoms with Crippen molar-refractivity contribution in [3.8, 4) is 11.4 Å². The summed E-state index contributed by atoms with van der Waals surface area (Å²) in [4.78, 5) is 14.8. The van der Waals surface area contributed by atoms with Gasteiger partial charge >= 0.3 is 0 Å². The standard InChI is InChI=1S/C14H21N7/c1-2-15-7-11-3-5-21(6-4-11)14-18-13(19-20-14)12-8-16-10-17-9-12/h8-11,15H,2-7H2,1H3,(H,18,19,20). The molecule has 1 fully saturated rings. The lowest BCUT2D eigenvalue weighted by atomic mass is 9.97. The molecule has 1 aliphatic heterocycles. The quantitative estimate of drug-likeness (QED) is 0.856. The highest BCUT2D eigenvalue weighted by Crippen LogP contribution is 2.22. The smallest absolute Gasteiger partial charge is 0.245 e. The molecule has 0 bridgehead atoms. The van der Waals surface area contributed by atoms with E-state index in [1.54, 1.807) is 12.4 Å². The van der Waals surface area contributed by atoms with Crippen LogP contribution in [0.15, 0.2) is 18.7 Å². The van der Waals surface area contributed by atoms with Gasteiger partial charge in [0.1, 0.15) is 6.33 Å². The Morgan fingerprint density at radius 2 is 2.05 bits per heavy atom. The molecule has 0 atom stereocenters. The predicted molar refractivity (Wildman–Crippen MR) is 80.9 cm³/mol. The normalized spacial score (nSPS) is 16.3. The molecule has 21 heavy (non-hydrogen) atoms. The summed E-state index contributed by atoms with van der Waals surface area (Å²) in [6.45, 7) is 6.34. The van der Waals surface area contributed by atoms with Crippen LogP contribution in [0, 0.1) is 5.92 Å². The average molecular weight is 287 g/mol. The van der Waals surface area contributed by atoms with Gasteiger partial charge in [-0.3, -0.25) is 5.10 Å². The summed E-state index contributed by atoms with van der Waals surface area (Å²) in [5.41, 5.74) is 0.860. The van der Waals surface area contributed by atoms with Crippen molar-refractivity contribution in [1.82, 2.24) is 30.5 Å². The molecule has 3 heterocycles. The minimum Gasteiger partial charge on any atom is -0.340 e. The molecule has 1 saturated heterocycles. The molecule has 2 aromatic heterocycles. The maximum atomic E-state index is 4.55. The van der Waals surface area contributed by atoms with Gasteiger partial charge in [0.2, 0.25) is 5.95 Å². The van der Waals surface area contributed by atoms with Crippen LogP contribution in [0.1, 0.15) is 19.8 Å². The zero-order valence-corrected chi connectivity index (χ0v) is 12.3. The second kappa shape index (κ2) is 6.62. The van der Waals surface area contributed by atoms with Crippen LogP contribution in [0.4, 0.5) is 5.95 Å². The molecule has 3 rings (SSSR count). The van der Waals surface area contributed by atoms with Crippen LogP contribution in [-0.2, 0) is 0 Å². The number of H-pyrrole nitrogens is 1. The van der Waals surface area contributed by atoms with Crippen molar-refractivity contribution in [3.63, 3.8) is 0 Å². The Morgan fingerprint density at radius 3 is 2.76 bits per heavy atom. The molecular formula is C14H21N7. The number of nitrogens with one attached hydrogen (secondary N) is 2. The second-order valence-corrected chi connectivity index (χ2v) is 5.35. The second-order valence-electron chi connectivity index (χ2n) is 5.35. The third kappa shape index (κ3) is 3.36. The molecule has 0 saturated carbocycles. The molecule has 2 N–H and O–H groups in total. The van der Waals surface area contributed by atoms with Crippen LogP contribution >= 0.6 is 0 Å². The van der Waals surface area contributed by atoms with Crippen LogP contribution < -0.4 is 10.2 Å². The van der Waals surface area contributed by atoms with Gasteiger partial charge in [-0.2, -0.15) is 4.98 Å².